The summed E-state index contributed by atoms with van der Waals surface area (Å²) in [6.07, 6.45) is 1.61. The molecular formula is C21H21N3O3. The Kier molecular flexibility index (Phi) is 5.89. The molecule has 0 radical (unpaired) electrons. The van der Waals surface area contributed by atoms with Crippen molar-refractivity contribution in [1.82, 2.24) is 4.98 Å². The van der Waals surface area contributed by atoms with E-state index in [1.165, 1.54) is 0 Å². The number of carbonyl (C=O) groups is 1. The maximum Gasteiger partial charge on any atom is 0.274 e. The van der Waals surface area contributed by atoms with Crippen LogP contribution in [-0.4, -0.2) is 25.1 Å². The van der Waals surface area contributed by atoms with Gasteiger partial charge in [0.2, 0.25) is 0 Å². The molecule has 1 heterocycles. The van der Waals surface area contributed by atoms with Crippen LogP contribution in [0.1, 0.15) is 16.1 Å². The monoisotopic (exact) mass is 363 g/mol. The third kappa shape index (κ3) is 4.98. The second kappa shape index (κ2) is 8.71. The fourth-order valence-corrected chi connectivity index (χ4v) is 2.51. The predicted molar refractivity (Wildman–Crippen MR) is 106 cm³/mol. The molecule has 0 fully saturated rings. The number of amides is 1. The number of hydrogen-bond donors (Lipinski definition) is 2. The smallest absolute Gasteiger partial charge is 0.274 e. The van der Waals surface area contributed by atoms with Crippen LogP contribution in [0, 0.1) is 0 Å². The van der Waals surface area contributed by atoms with Crippen LogP contribution in [0.3, 0.4) is 0 Å². The average molecular weight is 363 g/mol. The highest BCUT2D eigenvalue weighted by Gasteiger charge is 2.09. The zero-order valence-electron chi connectivity index (χ0n) is 15.2. The first-order valence-electron chi connectivity index (χ1n) is 8.46. The molecule has 3 rings (SSSR count). The molecule has 27 heavy (non-hydrogen) atoms. The molecule has 3 aromatic rings. The Morgan fingerprint density at radius 3 is 2.44 bits per heavy atom. The molecule has 0 unspecified atom stereocenters. The number of methoxy groups -OCH3 is 2. The maximum atomic E-state index is 12.5. The quantitative estimate of drug-likeness (QED) is 0.665. The molecule has 0 atom stereocenters. The van der Waals surface area contributed by atoms with Crippen LogP contribution in [0.15, 0.2) is 66.9 Å². The van der Waals surface area contributed by atoms with E-state index < -0.39 is 0 Å². The molecule has 6 heteroatoms. The number of benzene rings is 2. The summed E-state index contributed by atoms with van der Waals surface area (Å²) < 4.78 is 10.3. The molecule has 0 bridgehead atoms. The van der Waals surface area contributed by atoms with E-state index in [-0.39, 0.29) is 5.91 Å². The fraction of sp³-hybridized carbons (Fsp3) is 0.143. The molecule has 2 N–H and O–H groups in total. The summed E-state index contributed by atoms with van der Waals surface area (Å²) in [6, 6.07) is 18.5. The second-order valence-corrected chi connectivity index (χ2v) is 5.82. The number of nitrogens with one attached hydrogen (secondary N) is 2. The highest BCUT2D eigenvalue weighted by Crippen LogP contribution is 2.18. The van der Waals surface area contributed by atoms with Gasteiger partial charge in [-0.25, -0.2) is 0 Å². The Morgan fingerprint density at radius 1 is 0.926 bits per heavy atom. The van der Waals surface area contributed by atoms with Crippen molar-refractivity contribution in [2.24, 2.45) is 0 Å². The van der Waals surface area contributed by atoms with Crippen LogP contribution >= 0.6 is 0 Å². The molecule has 0 saturated carbocycles. The van der Waals surface area contributed by atoms with Crippen molar-refractivity contribution in [2.45, 2.75) is 6.54 Å². The normalized spacial score (nSPS) is 10.1. The summed E-state index contributed by atoms with van der Waals surface area (Å²) in [5.74, 6) is 1.21. The lowest BCUT2D eigenvalue weighted by molar-refractivity contribution is 0.102. The number of aromatic nitrogens is 1. The number of rotatable bonds is 7. The largest absolute Gasteiger partial charge is 0.497 e. The van der Waals surface area contributed by atoms with Crippen LogP contribution in [0.4, 0.5) is 11.4 Å². The van der Waals surface area contributed by atoms with E-state index in [4.69, 9.17) is 9.47 Å². The number of anilines is 2. The number of carbonyl (C=O) groups excluding carboxylic acids is 1. The molecule has 0 aliphatic heterocycles. The highest BCUT2D eigenvalue weighted by atomic mass is 16.5. The Morgan fingerprint density at radius 2 is 1.70 bits per heavy atom. The van der Waals surface area contributed by atoms with Crippen LogP contribution < -0.4 is 20.1 Å². The van der Waals surface area contributed by atoms with E-state index in [1.54, 1.807) is 38.6 Å². The SMILES string of the molecule is COc1ccc(CNc2ccnc(C(=O)Nc3cccc(OC)c3)c2)cc1. The van der Waals surface area contributed by atoms with Crippen molar-refractivity contribution in [1.29, 1.82) is 0 Å². The van der Waals surface area contributed by atoms with Crippen molar-refractivity contribution < 1.29 is 14.3 Å². The minimum atomic E-state index is -0.281. The zero-order valence-corrected chi connectivity index (χ0v) is 15.2. The second-order valence-electron chi connectivity index (χ2n) is 5.82. The van der Waals surface area contributed by atoms with Crippen molar-refractivity contribution in [3.63, 3.8) is 0 Å². The highest BCUT2D eigenvalue weighted by molar-refractivity contribution is 6.03. The van der Waals surface area contributed by atoms with Gasteiger partial charge in [0.05, 0.1) is 14.2 Å². The fourth-order valence-electron chi connectivity index (χ4n) is 2.51. The van der Waals surface area contributed by atoms with Gasteiger partial charge < -0.3 is 20.1 Å². The molecule has 2 aromatic carbocycles. The van der Waals surface area contributed by atoms with Gasteiger partial charge in [0.1, 0.15) is 17.2 Å². The molecule has 0 aliphatic rings. The molecular weight excluding hydrogens is 342 g/mol. The van der Waals surface area contributed by atoms with E-state index >= 15 is 0 Å². The van der Waals surface area contributed by atoms with Crippen LogP contribution in [0.25, 0.3) is 0 Å². The van der Waals surface area contributed by atoms with Crippen LogP contribution in [-0.2, 0) is 6.54 Å². The van der Waals surface area contributed by atoms with Gasteiger partial charge in [-0.1, -0.05) is 18.2 Å². The molecule has 6 nitrogen and oxygen atoms in total. The van der Waals surface area contributed by atoms with Gasteiger partial charge in [-0.2, -0.15) is 0 Å². The van der Waals surface area contributed by atoms with E-state index in [9.17, 15) is 4.79 Å². The zero-order chi connectivity index (χ0) is 19.1. The molecule has 0 spiro atoms. The van der Waals surface area contributed by atoms with Gasteiger partial charge in [-0.05, 0) is 42.0 Å². The summed E-state index contributed by atoms with van der Waals surface area (Å²) in [4.78, 5) is 16.6. The van der Waals surface area contributed by atoms with Crippen molar-refractivity contribution in [3.05, 3.63) is 78.1 Å². The van der Waals surface area contributed by atoms with E-state index in [0.29, 0.717) is 23.7 Å². The third-order valence-corrected chi connectivity index (χ3v) is 3.98. The van der Waals surface area contributed by atoms with Gasteiger partial charge in [0.25, 0.3) is 5.91 Å². The first-order valence-corrected chi connectivity index (χ1v) is 8.46. The molecule has 1 aromatic heterocycles. The minimum absolute atomic E-state index is 0.281. The van der Waals surface area contributed by atoms with Crippen molar-refractivity contribution in [2.75, 3.05) is 24.9 Å². The Labute approximate surface area is 158 Å². The third-order valence-electron chi connectivity index (χ3n) is 3.98. The van der Waals surface area contributed by atoms with E-state index in [2.05, 4.69) is 15.6 Å². The average Bonchev–Trinajstić information content (AvgIpc) is 2.73. The Balaban J connectivity index is 1.64. The molecule has 0 aliphatic carbocycles. The molecule has 1 amide bonds. The van der Waals surface area contributed by atoms with Crippen LogP contribution in [0.5, 0.6) is 11.5 Å². The van der Waals surface area contributed by atoms with Gasteiger partial charge in [-0.3, -0.25) is 9.78 Å². The number of hydrogen-bond acceptors (Lipinski definition) is 5. The summed E-state index contributed by atoms with van der Waals surface area (Å²) in [5.41, 5.74) is 2.90. The lowest BCUT2D eigenvalue weighted by Gasteiger charge is -2.10. The number of ether oxygens (including phenoxy) is 2. The number of nitrogens with zero attached hydrogens (tertiary/aromatic N) is 1. The van der Waals surface area contributed by atoms with Crippen LogP contribution in [0.2, 0.25) is 0 Å². The van der Waals surface area contributed by atoms with Crippen molar-refractivity contribution >= 4 is 17.3 Å². The van der Waals surface area contributed by atoms with Gasteiger partial charge >= 0.3 is 0 Å². The predicted octanol–water partition coefficient (Wildman–Crippen LogP) is 3.96. The van der Waals surface area contributed by atoms with Gasteiger partial charge in [0.15, 0.2) is 0 Å². The summed E-state index contributed by atoms with van der Waals surface area (Å²) in [7, 11) is 3.22. The molecule has 0 saturated heterocycles. The first-order chi connectivity index (χ1) is 13.2. The standard InChI is InChI=1S/C21H21N3O3/c1-26-18-8-6-15(7-9-18)14-23-16-10-11-22-20(13-16)21(25)24-17-4-3-5-19(12-17)27-2/h3-13H,14H2,1-2H3,(H,22,23)(H,24,25). The van der Waals surface area contributed by atoms with E-state index in [0.717, 1.165) is 17.0 Å². The Bertz CT molecular complexity index is 911. The minimum Gasteiger partial charge on any atom is -0.497 e. The van der Waals surface area contributed by atoms with Crippen molar-refractivity contribution in [3.8, 4) is 11.5 Å². The van der Waals surface area contributed by atoms with Gasteiger partial charge in [0, 0.05) is 30.2 Å². The summed E-state index contributed by atoms with van der Waals surface area (Å²) in [5, 5.41) is 6.12. The lowest BCUT2D eigenvalue weighted by atomic mass is 10.2. The lowest BCUT2D eigenvalue weighted by Crippen LogP contribution is -2.14. The number of pyridine rings is 1. The maximum absolute atomic E-state index is 12.5. The first kappa shape index (κ1) is 18.3. The summed E-state index contributed by atoms with van der Waals surface area (Å²) in [6.45, 7) is 0.630. The summed E-state index contributed by atoms with van der Waals surface area (Å²) >= 11 is 0. The topological polar surface area (TPSA) is 72.5 Å². The Hall–Kier alpha value is -3.54. The van der Waals surface area contributed by atoms with E-state index in [1.807, 2.05) is 42.5 Å². The van der Waals surface area contributed by atoms with Gasteiger partial charge in [-0.15, -0.1) is 0 Å². The molecule has 138 valence electrons.